The Hall–Kier alpha value is -3.00. The van der Waals surface area contributed by atoms with Crippen molar-refractivity contribution in [3.63, 3.8) is 0 Å². The van der Waals surface area contributed by atoms with Crippen LogP contribution in [0.15, 0.2) is 40.8 Å². The molecule has 25 heavy (non-hydrogen) atoms. The molecule has 1 heterocycles. The Labute approximate surface area is 145 Å². The van der Waals surface area contributed by atoms with Gasteiger partial charge in [0, 0.05) is 6.04 Å². The Morgan fingerprint density at radius 3 is 2.64 bits per heavy atom. The zero-order chi connectivity index (χ0) is 17.2. The smallest absolute Gasteiger partial charge is 0.295 e. The normalized spacial score (nSPS) is 15.2. The fourth-order valence-electron chi connectivity index (χ4n) is 3.40. The first-order valence-electron chi connectivity index (χ1n) is 8.63. The molecule has 0 atom stereocenters. The highest BCUT2D eigenvalue weighted by Gasteiger charge is 2.16. The van der Waals surface area contributed by atoms with E-state index in [0.717, 1.165) is 35.1 Å². The van der Waals surface area contributed by atoms with Crippen molar-refractivity contribution in [2.24, 2.45) is 0 Å². The molecule has 3 aromatic rings. The van der Waals surface area contributed by atoms with Crippen molar-refractivity contribution in [2.45, 2.75) is 38.1 Å². The van der Waals surface area contributed by atoms with Crippen LogP contribution < -0.4 is 5.32 Å². The van der Waals surface area contributed by atoms with E-state index in [0.29, 0.717) is 12.1 Å². The Bertz CT molecular complexity index is 949. The Morgan fingerprint density at radius 2 is 1.84 bits per heavy atom. The van der Waals surface area contributed by atoms with Crippen LogP contribution in [0.1, 0.15) is 37.7 Å². The van der Waals surface area contributed by atoms with Gasteiger partial charge in [-0.15, -0.1) is 0 Å². The number of anilines is 1. The van der Waals surface area contributed by atoms with E-state index in [4.69, 9.17) is 9.68 Å². The van der Waals surface area contributed by atoms with Crippen molar-refractivity contribution >= 4 is 17.1 Å². The monoisotopic (exact) mass is 333 g/mol. The SMILES string of the molecule is N#Cc1cc(-c2ccc3oc(NC4CCCCC4)nc3c2)ccc1O. The second-order valence-electron chi connectivity index (χ2n) is 6.52. The summed E-state index contributed by atoms with van der Waals surface area (Å²) in [4.78, 5) is 4.56. The first kappa shape index (κ1) is 15.5. The van der Waals surface area contributed by atoms with Crippen LogP contribution in [0.2, 0.25) is 0 Å². The molecule has 1 aliphatic rings. The van der Waals surface area contributed by atoms with E-state index in [9.17, 15) is 5.11 Å². The molecule has 0 radical (unpaired) electrons. The highest BCUT2D eigenvalue weighted by molar-refractivity contribution is 5.82. The van der Waals surface area contributed by atoms with Crippen LogP contribution in [-0.2, 0) is 0 Å². The molecule has 5 nitrogen and oxygen atoms in total. The summed E-state index contributed by atoms with van der Waals surface area (Å²) in [6.45, 7) is 0. The number of phenols is 1. The van der Waals surface area contributed by atoms with Crippen LogP contribution in [0.3, 0.4) is 0 Å². The van der Waals surface area contributed by atoms with Crippen LogP contribution in [0.5, 0.6) is 5.75 Å². The van der Waals surface area contributed by atoms with Gasteiger partial charge in [0.25, 0.3) is 6.01 Å². The largest absolute Gasteiger partial charge is 0.507 e. The van der Waals surface area contributed by atoms with E-state index in [1.807, 2.05) is 24.3 Å². The van der Waals surface area contributed by atoms with Gasteiger partial charge < -0.3 is 14.8 Å². The number of fused-ring (bicyclic) bond motifs is 1. The average Bonchev–Trinajstić information content (AvgIpc) is 3.04. The van der Waals surface area contributed by atoms with Crippen molar-refractivity contribution in [1.82, 2.24) is 4.98 Å². The molecule has 4 rings (SSSR count). The minimum atomic E-state index is -0.00673. The minimum Gasteiger partial charge on any atom is -0.507 e. The second kappa shape index (κ2) is 6.48. The van der Waals surface area contributed by atoms with Gasteiger partial charge in [-0.05, 0) is 48.2 Å². The van der Waals surface area contributed by atoms with Crippen molar-refractivity contribution in [2.75, 3.05) is 5.32 Å². The molecule has 0 bridgehead atoms. The van der Waals surface area contributed by atoms with Gasteiger partial charge in [0.1, 0.15) is 17.3 Å². The number of aromatic hydroxyl groups is 1. The third kappa shape index (κ3) is 3.16. The highest BCUT2D eigenvalue weighted by atomic mass is 16.4. The predicted molar refractivity (Wildman–Crippen MR) is 96.3 cm³/mol. The molecule has 0 amide bonds. The Balaban J connectivity index is 1.63. The Kier molecular flexibility index (Phi) is 4.02. The highest BCUT2D eigenvalue weighted by Crippen LogP contribution is 2.30. The molecule has 0 aliphatic heterocycles. The summed E-state index contributed by atoms with van der Waals surface area (Å²) < 4.78 is 5.81. The molecule has 0 spiro atoms. The first-order valence-corrected chi connectivity index (χ1v) is 8.63. The summed E-state index contributed by atoms with van der Waals surface area (Å²) in [6.07, 6.45) is 6.14. The molecular formula is C20H19N3O2. The number of nitrogens with one attached hydrogen (secondary N) is 1. The van der Waals surface area contributed by atoms with Gasteiger partial charge in [-0.25, -0.2) is 0 Å². The van der Waals surface area contributed by atoms with Crippen LogP contribution in [0.25, 0.3) is 22.2 Å². The van der Waals surface area contributed by atoms with Crippen molar-refractivity contribution in [3.8, 4) is 22.9 Å². The van der Waals surface area contributed by atoms with Crippen molar-refractivity contribution < 1.29 is 9.52 Å². The van der Waals surface area contributed by atoms with Crippen LogP contribution in [-0.4, -0.2) is 16.1 Å². The summed E-state index contributed by atoms with van der Waals surface area (Å²) in [5.74, 6) is -0.00673. The molecule has 1 saturated carbocycles. The zero-order valence-corrected chi connectivity index (χ0v) is 13.8. The topological polar surface area (TPSA) is 82.1 Å². The lowest BCUT2D eigenvalue weighted by atomic mass is 9.96. The third-order valence-electron chi connectivity index (χ3n) is 4.77. The number of hydrogen-bond donors (Lipinski definition) is 2. The summed E-state index contributed by atoms with van der Waals surface area (Å²) >= 11 is 0. The predicted octanol–water partition coefficient (Wildman–Crippen LogP) is 4.82. The second-order valence-corrected chi connectivity index (χ2v) is 6.52. The van der Waals surface area contributed by atoms with Crippen LogP contribution >= 0.6 is 0 Å². The van der Waals surface area contributed by atoms with E-state index in [-0.39, 0.29) is 11.3 Å². The number of hydrogen-bond acceptors (Lipinski definition) is 5. The number of phenolic OH excluding ortho intramolecular Hbond substituents is 1. The zero-order valence-electron chi connectivity index (χ0n) is 13.8. The lowest BCUT2D eigenvalue weighted by Crippen LogP contribution is -2.22. The van der Waals surface area contributed by atoms with Gasteiger partial charge >= 0.3 is 0 Å². The van der Waals surface area contributed by atoms with Gasteiger partial charge in [-0.3, -0.25) is 0 Å². The van der Waals surface area contributed by atoms with E-state index >= 15 is 0 Å². The van der Waals surface area contributed by atoms with Gasteiger partial charge in [0.2, 0.25) is 0 Å². The summed E-state index contributed by atoms with van der Waals surface area (Å²) in [7, 11) is 0. The third-order valence-corrected chi connectivity index (χ3v) is 4.77. The molecule has 2 aromatic carbocycles. The fourth-order valence-corrected chi connectivity index (χ4v) is 3.40. The molecule has 1 aliphatic carbocycles. The fraction of sp³-hybridized carbons (Fsp3) is 0.300. The molecule has 1 fully saturated rings. The van der Waals surface area contributed by atoms with Gasteiger partial charge in [0.15, 0.2) is 5.58 Å². The Morgan fingerprint density at radius 1 is 1.08 bits per heavy atom. The van der Waals surface area contributed by atoms with Crippen LogP contribution in [0, 0.1) is 11.3 Å². The molecule has 5 heteroatoms. The van der Waals surface area contributed by atoms with E-state index in [2.05, 4.69) is 10.3 Å². The lowest BCUT2D eigenvalue weighted by Gasteiger charge is -2.21. The van der Waals surface area contributed by atoms with Gasteiger partial charge in [-0.2, -0.15) is 10.2 Å². The number of nitriles is 1. The number of rotatable bonds is 3. The molecule has 0 unspecified atom stereocenters. The summed E-state index contributed by atoms with van der Waals surface area (Å²) in [6, 6.07) is 13.8. The standard InChI is InChI=1S/C20H19N3O2/c21-12-15-10-13(6-8-18(15)24)14-7-9-19-17(11-14)23-20(25-19)22-16-4-2-1-3-5-16/h6-11,16,24H,1-5H2,(H,22,23). The van der Waals surface area contributed by atoms with E-state index < -0.39 is 0 Å². The molecular weight excluding hydrogens is 314 g/mol. The lowest BCUT2D eigenvalue weighted by molar-refractivity contribution is 0.451. The maximum absolute atomic E-state index is 9.65. The van der Waals surface area contributed by atoms with Crippen molar-refractivity contribution in [1.29, 1.82) is 5.26 Å². The molecule has 0 saturated heterocycles. The maximum atomic E-state index is 9.65. The number of benzene rings is 2. The number of nitrogens with zero attached hydrogens (tertiary/aromatic N) is 2. The van der Waals surface area contributed by atoms with Crippen LogP contribution in [0.4, 0.5) is 6.01 Å². The number of oxazole rings is 1. The quantitative estimate of drug-likeness (QED) is 0.718. The summed E-state index contributed by atoms with van der Waals surface area (Å²) in [5, 5.41) is 22.1. The average molecular weight is 333 g/mol. The maximum Gasteiger partial charge on any atom is 0.295 e. The molecule has 1 aromatic heterocycles. The first-order chi connectivity index (χ1) is 12.2. The van der Waals surface area contributed by atoms with Crippen molar-refractivity contribution in [3.05, 3.63) is 42.0 Å². The molecule has 2 N–H and O–H groups in total. The van der Waals surface area contributed by atoms with Gasteiger partial charge in [0.05, 0.1) is 5.56 Å². The summed E-state index contributed by atoms with van der Waals surface area (Å²) in [5.41, 5.74) is 3.57. The van der Waals surface area contributed by atoms with Gasteiger partial charge in [-0.1, -0.05) is 31.4 Å². The number of aromatic nitrogens is 1. The molecule has 126 valence electrons. The van der Waals surface area contributed by atoms with E-state index in [1.165, 1.54) is 25.3 Å². The van der Waals surface area contributed by atoms with E-state index in [1.54, 1.807) is 12.1 Å². The minimum absolute atomic E-state index is 0.00673.